The second kappa shape index (κ2) is 8.14. The summed E-state index contributed by atoms with van der Waals surface area (Å²) in [6.07, 6.45) is 2.22. The van der Waals surface area contributed by atoms with Crippen LogP contribution in [0.25, 0.3) is 5.69 Å². The van der Waals surface area contributed by atoms with Gasteiger partial charge in [0.15, 0.2) is 5.69 Å². The molecule has 0 unspecified atom stereocenters. The van der Waals surface area contributed by atoms with Crippen molar-refractivity contribution in [1.29, 1.82) is 0 Å². The number of piperidine rings is 1. The molecule has 0 atom stereocenters. The number of amides is 2. The number of anilines is 1. The highest BCUT2D eigenvalue weighted by Gasteiger charge is 2.22. The van der Waals surface area contributed by atoms with Crippen molar-refractivity contribution in [1.82, 2.24) is 20.0 Å². The summed E-state index contributed by atoms with van der Waals surface area (Å²) in [4.78, 5) is 26.7. The molecule has 2 N–H and O–H groups in total. The monoisotopic (exact) mass is 355 g/mol. The lowest BCUT2D eigenvalue weighted by molar-refractivity contribution is -0.115. The molecule has 3 rings (SSSR count). The molecule has 1 aromatic heterocycles. The minimum Gasteiger partial charge on any atom is -0.348 e. The maximum absolute atomic E-state index is 12.6. The number of hydrogen-bond acceptors (Lipinski definition) is 4. The van der Waals surface area contributed by atoms with Crippen molar-refractivity contribution < 1.29 is 9.59 Å². The van der Waals surface area contributed by atoms with Gasteiger partial charge in [-0.25, -0.2) is 4.68 Å². The Morgan fingerprint density at radius 3 is 2.54 bits per heavy atom. The van der Waals surface area contributed by atoms with Gasteiger partial charge in [-0.05, 0) is 45.1 Å². The van der Waals surface area contributed by atoms with Crippen LogP contribution in [-0.4, -0.2) is 52.7 Å². The van der Waals surface area contributed by atoms with Crippen LogP contribution in [0.15, 0.2) is 36.4 Å². The summed E-state index contributed by atoms with van der Waals surface area (Å²) in [5.74, 6) is 0.169. The Labute approximate surface area is 153 Å². The van der Waals surface area contributed by atoms with E-state index >= 15 is 0 Å². The first kappa shape index (κ1) is 18.1. The molecule has 1 saturated heterocycles. The third-order valence-electron chi connectivity index (χ3n) is 4.59. The molecule has 0 aliphatic carbocycles. The molecule has 2 heterocycles. The predicted octanol–water partition coefficient (Wildman–Crippen LogP) is 2.04. The first-order valence-electron chi connectivity index (χ1n) is 9.01. The Balaban J connectivity index is 1.81. The van der Waals surface area contributed by atoms with Crippen LogP contribution < -0.4 is 10.6 Å². The van der Waals surface area contributed by atoms with Crippen molar-refractivity contribution in [3.05, 3.63) is 42.1 Å². The zero-order chi connectivity index (χ0) is 18.5. The van der Waals surface area contributed by atoms with Gasteiger partial charge in [0.2, 0.25) is 5.91 Å². The van der Waals surface area contributed by atoms with Crippen molar-refractivity contribution in [3.63, 3.8) is 0 Å². The van der Waals surface area contributed by atoms with Gasteiger partial charge in [0.05, 0.1) is 5.69 Å². The van der Waals surface area contributed by atoms with Crippen LogP contribution in [0.2, 0.25) is 0 Å². The van der Waals surface area contributed by atoms with E-state index in [1.54, 1.807) is 17.7 Å². The van der Waals surface area contributed by atoms with Crippen LogP contribution in [0, 0.1) is 0 Å². The molecule has 2 amide bonds. The van der Waals surface area contributed by atoms with Gasteiger partial charge in [-0.3, -0.25) is 9.59 Å². The first-order valence-corrected chi connectivity index (χ1v) is 9.01. The summed E-state index contributed by atoms with van der Waals surface area (Å²) >= 11 is 0. The minimum atomic E-state index is -0.207. The van der Waals surface area contributed by atoms with E-state index in [-0.39, 0.29) is 17.9 Å². The standard InChI is InChI=1S/C19H25N5O2/c1-3-18(25)21-17-13-16(22-24(17)15-7-5-4-6-8-15)19(26)20-14-9-11-23(2)12-10-14/h4-8,13-14H,3,9-12H2,1-2H3,(H,20,26)(H,21,25). The number of carbonyl (C=O) groups excluding carboxylic acids is 2. The second-order valence-corrected chi connectivity index (χ2v) is 6.61. The van der Waals surface area contributed by atoms with Crippen LogP contribution in [-0.2, 0) is 4.79 Å². The Kier molecular flexibility index (Phi) is 5.68. The van der Waals surface area contributed by atoms with Gasteiger partial charge in [-0.2, -0.15) is 5.10 Å². The van der Waals surface area contributed by atoms with Gasteiger partial charge >= 0.3 is 0 Å². The molecule has 0 radical (unpaired) electrons. The highest BCUT2D eigenvalue weighted by molar-refractivity contribution is 5.95. The average Bonchev–Trinajstić information content (AvgIpc) is 3.08. The maximum Gasteiger partial charge on any atom is 0.272 e. The van der Waals surface area contributed by atoms with Gasteiger partial charge < -0.3 is 15.5 Å². The summed E-state index contributed by atoms with van der Waals surface area (Å²) in [6, 6.07) is 11.2. The highest BCUT2D eigenvalue weighted by Crippen LogP contribution is 2.18. The lowest BCUT2D eigenvalue weighted by Crippen LogP contribution is -2.43. The van der Waals surface area contributed by atoms with Crippen molar-refractivity contribution >= 4 is 17.6 Å². The molecule has 1 aromatic carbocycles. The van der Waals surface area contributed by atoms with Crippen LogP contribution in [0.4, 0.5) is 5.82 Å². The number of benzene rings is 1. The fourth-order valence-electron chi connectivity index (χ4n) is 2.99. The smallest absolute Gasteiger partial charge is 0.272 e. The van der Waals surface area contributed by atoms with Gasteiger partial charge in [0.25, 0.3) is 5.91 Å². The summed E-state index contributed by atoms with van der Waals surface area (Å²) < 4.78 is 1.59. The highest BCUT2D eigenvalue weighted by atomic mass is 16.2. The number of likely N-dealkylation sites (tertiary alicyclic amines) is 1. The van der Waals surface area contributed by atoms with Gasteiger partial charge in [-0.1, -0.05) is 25.1 Å². The van der Waals surface area contributed by atoms with Crippen LogP contribution in [0.1, 0.15) is 36.7 Å². The zero-order valence-corrected chi connectivity index (χ0v) is 15.2. The lowest BCUT2D eigenvalue weighted by Gasteiger charge is -2.29. The molecule has 26 heavy (non-hydrogen) atoms. The largest absolute Gasteiger partial charge is 0.348 e. The Morgan fingerprint density at radius 1 is 1.19 bits per heavy atom. The SMILES string of the molecule is CCC(=O)Nc1cc(C(=O)NC2CCN(C)CC2)nn1-c1ccccc1. The van der Waals surface area contributed by atoms with Crippen LogP contribution in [0.5, 0.6) is 0 Å². The molecule has 0 spiro atoms. The molecule has 1 aliphatic rings. The quantitative estimate of drug-likeness (QED) is 0.860. The van der Waals surface area contributed by atoms with Gasteiger partial charge in [0.1, 0.15) is 5.82 Å². The summed E-state index contributed by atoms with van der Waals surface area (Å²) in [5.41, 5.74) is 1.09. The molecule has 7 heteroatoms. The third kappa shape index (κ3) is 4.29. The van der Waals surface area contributed by atoms with Crippen molar-refractivity contribution in [2.75, 3.05) is 25.5 Å². The number of rotatable bonds is 5. The Hall–Kier alpha value is -2.67. The molecule has 7 nitrogen and oxygen atoms in total. The van der Waals surface area contributed by atoms with Gasteiger partial charge in [-0.15, -0.1) is 0 Å². The normalized spacial score (nSPS) is 15.6. The molecule has 1 fully saturated rings. The van der Waals surface area contributed by atoms with E-state index in [2.05, 4.69) is 27.7 Å². The number of aromatic nitrogens is 2. The Morgan fingerprint density at radius 2 is 1.88 bits per heavy atom. The van der Waals surface area contributed by atoms with Gasteiger partial charge in [0, 0.05) is 18.5 Å². The molecular weight excluding hydrogens is 330 g/mol. The maximum atomic E-state index is 12.6. The van der Waals surface area contributed by atoms with Crippen molar-refractivity contribution in [3.8, 4) is 5.69 Å². The minimum absolute atomic E-state index is 0.121. The number of nitrogens with one attached hydrogen (secondary N) is 2. The van der Waals surface area contributed by atoms with E-state index < -0.39 is 0 Å². The van der Waals surface area contributed by atoms with Crippen LogP contribution >= 0.6 is 0 Å². The molecule has 138 valence electrons. The zero-order valence-electron chi connectivity index (χ0n) is 15.2. The third-order valence-corrected chi connectivity index (χ3v) is 4.59. The number of nitrogens with zero attached hydrogens (tertiary/aromatic N) is 3. The number of carbonyl (C=O) groups is 2. The predicted molar refractivity (Wildman–Crippen MR) is 100 cm³/mol. The summed E-state index contributed by atoms with van der Waals surface area (Å²) in [7, 11) is 2.09. The topological polar surface area (TPSA) is 79.3 Å². The fraction of sp³-hybridized carbons (Fsp3) is 0.421. The molecule has 2 aromatic rings. The number of para-hydroxylation sites is 1. The van der Waals surface area contributed by atoms with E-state index in [9.17, 15) is 9.59 Å². The molecular formula is C19H25N5O2. The molecule has 1 aliphatic heterocycles. The Bertz CT molecular complexity index is 763. The van der Waals surface area contributed by atoms with Crippen LogP contribution in [0.3, 0.4) is 0 Å². The average molecular weight is 355 g/mol. The van der Waals surface area contributed by atoms with E-state index in [1.165, 1.54) is 0 Å². The van der Waals surface area contributed by atoms with Crippen molar-refractivity contribution in [2.45, 2.75) is 32.2 Å². The second-order valence-electron chi connectivity index (χ2n) is 6.61. The fourth-order valence-corrected chi connectivity index (χ4v) is 2.99. The van der Waals surface area contributed by atoms with E-state index in [0.29, 0.717) is 17.9 Å². The van der Waals surface area contributed by atoms with E-state index in [1.807, 2.05) is 30.3 Å². The first-order chi connectivity index (χ1) is 12.6. The molecule has 0 bridgehead atoms. The summed E-state index contributed by atoms with van der Waals surface area (Å²) in [6.45, 7) is 3.73. The van der Waals surface area contributed by atoms with Crippen molar-refractivity contribution in [2.24, 2.45) is 0 Å². The van der Waals surface area contributed by atoms with E-state index in [0.717, 1.165) is 31.6 Å². The molecule has 0 saturated carbocycles. The summed E-state index contributed by atoms with van der Waals surface area (Å²) in [5, 5.41) is 10.3. The van der Waals surface area contributed by atoms with E-state index in [4.69, 9.17) is 0 Å². The number of hydrogen-bond donors (Lipinski definition) is 2. The lowest BCUT2D eigenvalue weighted by atomic mass is 10.1.